The van der Waals surface area contributed by atoms with Crippen LogP contribution in [0.2, 0.25) is 0 Å². The van der Waals surface area contributed by atoms with Crippen molar-refractivity contribution in [2.75, 3.05) is 6.54 Å². The number of nitrogens with one attached hydrogen (secondary N) is 2. The highest BCUT2D eigenvalue weighted by molar-refractivity contribution is 6.21. The zero-order valence-corrected chi connectivity index (χ0v) is 22.1. The fraction of sp³-hybridized carbons (Fsp3) is 0.615. The Labute approximate surface area is 207 Å². The first kappa shape index (κ1) is 28.1. The van der Waals surface area contributed by atoms with Gasteiger partial charge in [-0.3, -0.25) is 14.5 Å². The van der Waals surface area contributed by atoms with Gasteiger partial charge < -0.3 is 20.1 Å². The molecular weight excluding hydrogens is 450 g/mol. The molecule has 194 valence electrons. The Morgan fingerprint density at radius 2 is 1.29 bits per heavy atom. The molecule has 4 amide bonds. The van der Waals surface area contributed by atoms with Crippen molar-refractivity contribution < 1.29 is 28.7 Å². The number of fused-ring (bicyclic) bond motifs is 1. The third kappa shape index (κ3) is 8.56. The number of nitrogens with zero attached hydrogens (tertiary/aromatic N) is 1. The summed E-state index contributed by atoms with van der Waals surface area (Å²) in [6.07, 6.45) is -0.278. The maximum atomic E-state index is 12.9. The first-order valence-corrected chi connectivity index (χ1v) is 12.0. The van der Waals surface area contributed by atoms with Crippen LogP contribution in [0.15, 0.2) is 24.3 Å². The minimum Gasteiger partial charge on any atom is -0.444 e. The molecule has 1 aromatic carbocycles. The van der Waals surface area contributed by atoms with Crippen molar-refractivity contribution >= 4 is 24.0 Å². The lowest BCUT2D eigenvalue weighted by molar-refractivity contribution is 0.0445. The van der Waals surface area contributed by atoms with Crippen LogP contribution >= 0.6 is 0 Å². The molecule has 0 bridgehead atoms. The van der Waals surface area contributed by atoms with Crippen molar-refractivity contribution in [3.8, 4) is 0 Å². The van der Waals surface area contributed by atoms with E-state index in [-0.39, 0.29) is 18.5 Å². The average Bonchev–Trinajstić information content (AvgIpc) is 2.93. The summed E-state index contributed by atoms with van der Waals surface area (Å²) in [6.45, 7) is 14.6. The Morgan fingerprint density at radius 3 is 1.71 bits per heavy atom. The number of amides is 4. The van der Waals surface area contributed by atoms with E-state index in [4.69, 9.17) is 9.47 Å². The van der Waals surface area contributed by atoms with E-state index in [0.29, 0.717) is 24.0 Å². The summed E-state index contributed by atoms with van der Waals surface area (Å²) in [5.41, 5.74) is -0.638. The van der Waals surface area contributed by atoms with Crippen LogP contribution in [0.1, 0.15) is 88.9 Å². The van der Waals surface area contributed by atoms with Gasteiger partial charge in [0.1, 0.15) is 11.2 Å². The van der Waals surface area contributed by atoms with Gasteiger partial charge in [0.2, 0.25) is 0 Å². The molecule has 2 unspecified atom stereocenters. The van der Waals surface area contributed by atoms with Gasteiger partial charge in [-0.15, -0.1) is 0 Å². The summed E-state index contributed by atoms with van der Waals surface area (Å²) in [4.78, 5) is 51.7. The normalized spacial score (nSPS) is 15.5. The van der Waals surface area contributed by atoms with Gasteiger partial charge in [-0.2, -0.15) is 0 Å². The number of benzene rings is 1. The lowest BCUT2D eigenvalue weighted by Crippen LogP contribution is -2.48. The van der Waals surface area contributed by atoms with Crippen LogP contribution in [-0.2, 0) is 9.47 Å². The van der Waals surface area contributed by atoms with Gasteiger partial charge in [0.15, 0.2) is 0 Å². The van der Waals surface area contributed by atoms with E-state index < -0.39 is 41.2 Å². The maximum Gasteiger partial charge on any atom is 0.407 e. The van der Waals surface area contributed by atoms with E-state index in [1.54, 1.807) is 65.8 Å². The van der Waals surface area contributed by atoms with Crippen molar-refractivity contribution in [2.24, 2.45) is 5.92 Å². The quantitative estimate of drug-likeness (QED) is 0.520. The molecule has 2 N–H and O–H groups in total. The number of carbonyl (C=O) groups is 4. The van der Waals surface area contributed by atoms with Crippen molar-refractivity contribution in [3.63, 3.8) is 0 Å². The number of hydrogen-bond donors (Lipinski definition) is 2. The first-order valence-electron chi connectivity index (χ1n) is 12.0. The van der Waals surface area contributed by atoms with Crippen molar-refractivity contribution in [3.05, 3.63) is 35.4 Å². The molecule has 0 saturated carbocycles. The predicted molar refractivity (Wildman–Crippen MR) is 132 cm³/mol. The molecule has 9 heteroatoms. The van der Waals surface area contributed by atoms with Crippen LogP contribution in [0.3, 0.4) is 0 Å². The third-order valence-corrected chi connectivity index (χ3v) is 5.34. The summed E-state index contributed by atoms with van der Waals surface area (Å²) in [5, 5.41) is 5.70. The largest absolute Gasteiger partial charge is 0.444 e. The molecule has 1 heterocycles. The SMILES string of the molecule is CC(C)C(CCC(CN1C(=O)c2ccccc2C1=O)NC(=O)OC(C)(C)C)NC(=O)OC(C)(C)C. The standard InChI is InChI=1S/C26H39N3O6/c1-16(2)20(28-24(33)35-26(6,7)8)14-13-17(27-23(32)34-25(3,4)5)15-29-21(30)18-11-9-10-12-19(18)22(29)31/h9-12,16-17,20H,13-15H2,1-8H3,(H,27,32)(H,28,33). The van der Waals surface area contributed by atoms with Gasteiger partial charge >= 0.3 is 12.2 Å². The molecule has 2 rings (SSSR count). The zero-order chi connectivity index (χ0) is 26.6. The molecule has 1 aliphatic heterocycles. The zero-order valence-electron chi connectivity index (χ0n) is 22.1. The second kappa shape index (κ2) is 11.1. The van der Waals surface area contributed by atoms with Crippen LogP contribution in [0.25, 0.3) is 0 Å². The van der Waals surface area contributed by atoms with Gasteiger partial charge in [-0.05, 0) is 72.4 Å². The summed E-state index contributed by atoms with van der Waals surface area (Å²) < 4.78 is 10.8. The van der Waals surface area contributed by atoms with Crippen LogP contribution in [0.4, 0.5) is 9.59 Å². The number of imide groups is 1. The van der Waals surface area contributed by atoms with Crippen molar-refractivity contribution in [1.82, 2.24) is 15.5 Å². The van der Waals surface area contributed by atoms with Crippen LogP contribution in [0.5, 0.6) is 0 Å². The maximum absolute atomic E-state index is 12.9. The van der Waals surface area contributed by atoms with Crippen LogP contribution < -0.4 is 10.6 Å². The lowest BCUT2D eigenvalue weighted by Gasteiger charge is -2.29. The fourth-order valence-electron chi connectivity index (χ4n) is 3.72. The monoisotopic (exact) mass is 489 g/mol. The van der Waals surface area contributed by atoms with Gasteiger partial charge in [0.25, 0.3) is 11.8 Å². The molecule has 1 aromatic rings. The second-order valence-electron chi connectivity index (χ2n) is 11.2. The third-order valence-electron chi connectivity index (χ3n) is 5.34. The van der Waals surface area contributed by atoms with E-state index in [0.717, 1.165) is 4.90 Å². The highest BCUT2D eigenvalue weighted by Crippen LogP contribution is 2.23. The first-order chi connectivity index (χ1) is 16.1. The number of ether oxygens (including phenoxy) is 2. The molecule has 9 nitrogen and oxygen atoms in total. The molecule has 35 heavy (non-hydrogen) atoms. The molecule has 0 aromatic heterocycles. The minimum absolute atomic E-state index is 0.0111. The summed E-state index contributed by atoms with van der Waals surface area (Å²) in [6, 6.07) is 5.83. The van der Waals surface area contributed by atoms with E-state index in [9.17, 15) is 19.2 Å². The smallest absolute Gasteiger partial charge is 0.407 e. The van der Waals surface area contributed by atoms with E-state index >= 15 is 0 Å². The fourth-order valence-corrected chi connectivity index (χ4v) is 3.72. The Morgan fingerprint density at radius 1 is 0.829 bits per heavy atom. The van der Waals surface area contributed by atoms with Gasteiger partial charge in [-0.25, -0.2) is 9.59 Å². The summed E-state index contributed by atoms with van der Waals surface area (Å²) in [5.74, 6) is -0.702. The topological polar surface area (TPSA) is 114 Å². The Balaban J connectivity index is 2.15. The van der Waals surface area contributed by atoms with E-state index in [2.05, 4.69) is 10.6 Å². The Bertz CT molecular complexity index is 910. The van der Waals surface area contributed by atoms with Crippen LogP contribution in [-0.4, -0.2) is 58.7 Å². The van der Waals surface area contributed by atoms with Gasteiger partial charge in [0.05, 0.1) is 17.2 Å². The number of alkyl carbamates (subject to hydrolysis) is 2. The van der Waals surface area contributed by atoms with Crippen molar-refractivity contribution in [1.29, 1.82) is 0 Å². The average molecular weight is 490 g/mol. The Hall–Kier alpha value is -3.10. The predicted octanol–water partition coefficient (Wildman–Crippen LogP) is 4.51. The number of carbonyl (C=O) groups excluding carboxylic acids is 4. The molecule has 0 fully saturated rings. The minimum atomic E-state index is -0.705. The molecule has 1 aliphatic rings. The van der Waals surface area contributed by atoms with E-state index in [1.807, 2.05) is 13.8 Å². The summed E-state index contributed by atoms with van der Waals surface area (Å²) in [7, 11) is 0. The van der Waals surface area contributed by atoms with Crippen molar-refractivity contribution in [2.45, 2.75) is 91.5 Å². The highest BCUT2D eigenvalue weighted by Gasteiger charge is 2.37. The second-order valence-corrected chi connectivity index (χ2v) is 11.2. The van der Waals surface area contributed by atoms with E-state index in [1.165, 1.54) is 0 Å². The molecule has 0 aliphatic carbocycles. The number of hydrogen-bond acceptors (Lipinski definition) is 6. The number of rotatable bonds is 8. The van der Waals surface area contributed by atoms with Crippen LogP contribution in [0, 0.1) is 5.92 Å². The molecular formula is C26H39N3O6. The van der Waals surface area contributed by atoms with Gasteiger partial charge in [-0.1, -0.05) is 26.0 Å². The molecule has 0 saturated heterocycles. The molecule has 0 radical (unpaired) electrons. The van der Waals surface area contributed by atoms with Gasteiger partial charge in [0, 0.05) is 12.6 Å². The Kier molecular flexibility index (Phi) is 8.92. The molecule has 2 atom stereocenters. The summed E-state index contributed by atoms with van der Waals surface area (Å²) >= 11 is 0. The molecule has 0 spiro atoms. The lowest BCUT2D eigenvalue weighted by atomic mass is 9.96. The highest BCUT2D eigenvalue weighted by atomic mass is 16.6.